The molecule has 2 aromatic carbocycles. The molecule has 0 aromatic heterocycles. The molecule has 210 valence electrons. The van der Waals surface area contributed by atoms with Gasteiger partial charge in [0.1, 0.15) is 6.10 Å². The van der Waals surface area contributed by atoms with E-state index in [1.165, 1.54) is 54.5 Å². The Bertz CT molecular complexity index is 1120. The normalized spacial score (nSPS) is 22.6. The van der Waals surface area contributed by atoms with Crippen LogP contribution in [0.5, 0.6) is 0 Å². The number of piperidine rings is 1. The number of hydrogen-bond acceptors (Lipinski definition) is 6. The van der Waals surface area contributed by atoms with Crippen LogP contribution in [0.3, 0.4) is 0 Å². The van der Waals surface area contributed by atoms with Crippen molar-refractivity contribution in [1.82, 2.24) is 4.90 Å². The number of rotatable bonds is 8. The van der Waals surface area contributed by atoms with Crippen LogP contribution < -0.4 is 0 Å². The number of benzene rings is 2. The molecule has 2 heterocycles. The van der Waals surface area contributed by atoms with Crippen LogP contribution in [0.25, 0.3) is 0 Å². The third-order valence-corrected chi connectivity index (χ3v) is 8.16. The van der Waals surface area contributed by atoms with Crippen LogP contribution >= 0.6 is 0 Å². The van der Waals surface area contributed by atoms with E-state index in [2.05, 4.69) is 60.4 Å². The Kier molecular flexibility index (Phi) is 9.04. The molecule has 2 fully saturated rings. The molecule has 0 spiro atoms. The molecule has 39 heavy (non-hydrogen) atoms. The van der Waals surface area contributed by atoms with Gasteiger partial charge >= 0.3 is 17.9 Å². The number of carboxylic acids is 3. The van der Waals surface area contributed by atoms with Crippen LogP contribution in [0.2, 0.25) is 0 Å². The molecule has 1 aliphatic carbocycles. The minimum atomic E-state index is -2.74. The Morgan fingerprint density at radius 1 is 0.846 bits per heavy atom. The van der Waals surface area contributed by atoms with Crippen LogP contribution in [0.4, 0.5) is 0 Å². The Morgan fingerprint density at radius 2 is 1.31 bits per heavy atom. The predicted octanol–water partition coefficient (Wildman–Crippen LogP) is 3.66. The zero-order chi connectivity index (χ0) is 28.2. The van der Waals surface area contributed by atoms with Gasteiger partial charge in [0.15, 0.2) is 5.60 Å². The minimum absolute atomic E-state index is 0.0995. The SMILES string of the molecule is CCN1[C@@H]2CC[C@H]1CC(OC1c3ccccc3CCc3ccccc31)C2.O=C(O)CC(O)(CC(=O)O)C(=O)O. The van der Waals surface area contributed by atoms with Crippen molar-refractivity contribution in [3.05, 3.63) is 70.8 Å². The van der Waals surface area contributed by atoms with Crippen LogP contribution in [0.15, 0.2) is 48.5 Å². The van der Waals surface area contributed by atoms with Crippen molar-refractivity contribution in [3.63, 3.8) is 0 Å². The molecule has 3 atom stereocenters. The van der Waals surface area contributed by atoms with E-state index in [0.29, 0.717) is 6.10 Å². The molecule has 2 bridgehead atoms. The van der Waals surface area contributed by atoms with E-state index in [1.807, 2.05) is 0 Å². The van der Waals surface area contributed by atoms with E-state index in [9.17, 15) is 14.4 Å². The number of carbonyl (C=O) groups is 3. The molecule has 2 aromatic rings. The van der Waals surface area contributed by atoms with Crippen molar-refractivity contribution < 1.29 is 39.5 Å². The first-order chi connectivity index (χ1) is 18.6. The van der Waals surface area contributed by atoms with Gasteiger partial charge in [-0.25, -0.2) is 4.79 Å². The maximum absolute atomic E-state index is 10.3. The number of fused-ring (bicyclic) bond motifs is 4. The second-order valence-corrected chi connectivity index (χ2v) is 10.7. The van der Waals surface area contributed by atoms with Crippen LogP contribution in [0.1, 0.15) is 73.8 Å². The van der Waals surface area contributed by atoms with Crippen molar-refractivity contribution in [2.24, 2.45) is 0 Å². The van der Waals surface area contributed by atoms with E-state index in [-0.39, 0.29) is 6.10 Å². The van der Waals surface area contributed by atoms with Crippen LogP contribution in [-0.2, 0) is 32.0 Å². The number of ether oxygens (including phenoxy) is 1. The Balaban J connectivity index is 0.000000233. The summed E-state index contributed by atoms with van der Waals surface area (Å²) in [6.07, 6.45) is 5.55. The lowest BCUT2D eigenvalue weighted by atomic mass is 9.95. The topological polar surface area (TPSA) is 145 Å². The number of carboxylic acid groups (broad SMARTS) is 3. The van der Waals surface area contributed by atoms with Crippen molar-refractivity contribution in [2.45, 2.75) is 88.2 Å². The van der Waals surface area contributed by atoms with Gasteiger partial charge in [-0.1, -0.05) is 55.5 Å². The molecule has 4 N–H and O–H groups in total. The van der Waals surface area contributed by atoms with E-state index in [1.54, 1.807) is 0 Å². The van der Waals surface area contributed by atoms with Gasteiger partial charge in [0.25, 0.3) is 0 Å². The fraction of sp³-hybridized carbons (Fsp3) is 0.500. The molecule has 3 aliphatic rings. The Hall–Kier alpha value is -3.27. The zero-order valence-corrected chi connectivity index (χ0v) is 22.2. The van der Waals surface area contributed by atoms with Crippen molar-refractivity contribution in [1.29, 1.82) is 0 Å². The molecule has 0 radical (unpaired) electrons. The van der Waals surface area contributed by atoms with Crippen LogP contribution in [-0.4, -0.2) is 73.6 Å². The summed E-state index contributed by atoms with van der Waals surface area (Å²) < 4.78 is 6.91. The maximum atomic E-state index is 10.3. The lowest BCUT2D eigenvalue weighted by Gasteiger charge is -2.39. The average Bonchev–Trinajstić information content (AvgIpc) is 3.04. The monoisotopic (exact) mass is 539 g/mol. The largest absolute Gasteiger partial charge is 0.481 e. The first kappa shape index (κ1) is 28.7. The van der Waals surface area contributed by atoms with Gasteiger partial charge in [0.05, 0.1) is 18.9 Å². The van der Waals surface area contributed by atoms with Gasteiger partial charge in [-0.2, -0.15) is 0 Å². The molecule has 0 amide bonds. The third-order valence-electron chi connectivity index (χ3n) is 8.16. The molecule has 9 heteroatoms. The van der Waals surface area contributed by atoms with Gasteiger partial charge in [-0.05, 0) is 67.3 Å². The maximum Gasteiger partial charge on any atom is 0.336 e. The van der Waals surface area contributed by atoms with E-state index in [4.69, 9.17) is 25.2 Å². The van der Waals surface area contributed by atoms with E-state index in [0.717, 1.165) is 24.9 Å². The fourth-order valence-corrected chi connectivity index (χ4v) is 6.38. The summed E-state index contributed by atoms with van der Waals surface area (Å²) in [6, 6.07) is 19.3. The number of aryl methyl sites for hydroxylation is 2. The fourth-order valence-electron chi connectivity index (χ4n) is 6.38. The highest BCUT2D eigenvalue weighted by Gasteiger charge is 2.42. The summed E-state index contributed by atoms with van der Waals surface area (Å²) in [5, 5.41) is 33.8. The first-order valence-corrected chi connectivity index (χ1v) is 13.6. The summed E-state index contributed by atoms with van der Waals surface area (Å²) in [7, 11) is 0. The second-order valence-electron chi connectivity index (χ2n) is 10.7. The molecule has 2 aliphatic heterocycles. The van der Waals surface area contributed by atoms with Crippen LogP contribution in [0, 0.1) is 0 Å². The standard InChI is InChI=1S/C24H29NO.C6H8O7/c1-2-25-19-13-14-20(25)16-21(15-19)26-24-22-9-5-3-7-17(22)11-12-18-8-4-6-10-23(18)24;7-3(8)1-6(13,5(11)12)2-4(9)10/h3-10,19-21,24H,2,11-16H2,1H3;13H,1-2H2,(H,7,8)(H,9,10)(H,11,12)/t19-,20+,21?;. The third kappa shape index (κ3) is 6.66. The number of aliphatic carboxylic acids is 3. The summed E-state index contributed by atoms with van der Waals surface area (Å²) in [5.74, 6) is -5.02. The molecule has 5 rings (SSSR count). The molecular formula is C30H37NO8. The van der Waals surface area contributed by atoms with Crippen molar-refractivity contribution in [3.8, 4) is 0 Å². The van der Waals surface area contributed by atoms with Gasteiger partial charge in [-0.15, -0.1) is 0 Å². The summed E-state index contributed by atoms with van der Waals surface area (Å²) >= 11 is 0. The number of hydrogen-bond donors (Lipinski definition) is 4. The van der Waals surface area contributed by atoms with E-state index < -0.39 is 36.4 Å². The Morgan fingerprint density at radius 3 is 1.72 bits per heavy atom. The molecule has 2 saturated heterocycles. The first-order valence-electron chi connectivity index (χ1n) is 13.6. The molecule has 1 unspecified atom stereocenters. The second kappa shape index (κ2) is 12.3. The highest BCUT2D eigenvalue weighted by Crippen LogP contribution is 2.41. The summed E-state index contributed by atoms with van der Waals surface area (Å²) in [5.41, 5.74) is 2.97. The average molecular weight is 540 g/mol. The molecular weight excluding hydrogens is 502 g/mol. The summed E-state index contributed by atoms with van der Waals surface area (Å²) in [6.45, 7) is 3.50. The lowest BCUT2D eigenvalue weighted by molar-refractivity contribution is -0.170. The van der Waals surface area contributed by atoms with Gasteiger partial charge < -0.3 is 25.2 Å². The number of aliphatic hydroxyl groups is 1. The van der Waals surface area contributed by atoms with Gasteiger partial charge in [-0.3, -0.25) is 14.5 Å². The minimum Gasteiger partial charge on any atom is -0.481 e. The Labute approximate surface area is 228 Å². The van der Waals surface area contributed by atoms with Crippen molar-refractivity contribution in [2.75, 3.05) is 6.54 Å². The van der Waals surface area contributed by atoms with Gasteiger partial charge in [0.2, 0.25) is 0 Å². The highest BCUT2D eigenvalue weighted by atomic mass is 16.5. The number of nitrogens with zero attached hydrogens (tertiary/aromatic N) is 1. The molecule has 9 nitrogen and oxygen atoms in total. The van der Waals surface area contributed by atoms with Crippen molar-refractivity contribution >= 4 is 17.9 Å². The zero-order valence-electron chi connectivity index (χ0n) is 22.2. The van der Waals surface area contributed by atoms with E-state index >= 15 is 0 Å². The lowest BCUT2D eigenvalue weighted by Crippen LogP contribution is -2.45. The smallest absolute Gasteiger partial charge is 0.336 e. The highest BCUT2D eigenvalue weighted by molar-refractivity contribution is 5.88. The predicted molar refractivity (Wildman–Crippen MR) is 143 cm³/mol. The van der Waals surface area contributed by atoms with Gasteiger partial charge in [0, 0.05) is 12.1 Å². The quantitative estimate of drug-likeness (QED) is 0.395. The molecule has 0 saturated carbocycles. The summed E-state index contributed by atoms with van der Waals surface area (Å²) in [4.78, 5) is 33.2.